The third-order valence-corrected chi connectivity index (χ3v) is 4.01. The van der Waals surface area contributed by atoms with Crippen molar-refractivity contribution < 1.29 is 4.52 Å². The van der Waals surface area contributed by atoms with Gasteiger partial charge in [-0.2, -0.15) is 10.1 Å². The number of benzene rings is 1. The number of rotatable bonds is 7. The number of aryl methyl sites for hydroxylation is 3. The molecule has 1 aromatic carbocycles. The Hall–Kier alpha value is -2.47. The van der Waals surface area contributed by atoms with Crippen LogP contribution < -0.4 is 0 Å². The van der Waals surface area contributed by atoms with E-state index in [1.54, 1.807) is 0 Å². The van der Waals surface area contributed by atoms with Crippen LogP contribution in [0.3, 0.4) is 0 Å². The zero-order chi connectivity index (χ0) is 17.8. The van der Waals surface area contributed by atoms with Crippen LogP contribution in [-0.2, 0) is 19.5 Å². The zero-order valence-electron chi connectivity index (χ0n) is 15.4. The zero-order valence-corrected chi connectivity index (χ0v) is 15.4. The first-order chi connectivity index (χ1) is 12.0. The maximum absolute atomic E-state index is 5.32. The first-order valence-electron chi connectivity index (χ1n) is 8.67. The summed E-state index contributed by atoms with van der Waals surface area (Å²) in [5.74, 6) is 1.46. The topological polar surface area (TPSA) is 60.0 Å². The van der Waals surface area contributed by atoms with Gasteiger partial charge in [-0.05, 0) is 51.1 Å². The highest BCUT2D eigenvalue weighted by molar-refractivity contribution is 5.37. The van der Waals surface area contributed by atoms with Gasteiger partial charge >= 0.3 is 0 Å². The second kappa shape index (κ2) is 7.61. The molecule has 0 bridgehead atoms. The van der Waals surface area contributed by atoms with Gasteiger partial charge in [-0.15, -0.1) is 0 Å². The average molecular weight is 339 g/mol. The molecule has 2 heterocycles. The highest BCUT2D eigenvalue weighted by atomic mass is 16.5. The van der Waals surface area contributed by atoms with Gasteiger partial charge in [0.2, 0.25) is 5.89 Å². The Labute approximate surface area is 148 Å². The summed E-state index contributed by atoms with van der Waals surface area (Å²) in [7, 11) is 2.06. The second-order valence-electron chi connectivity index (χ2n) is 6.54. The van der Waals surface area contributed by atoms with E-state index in [0.717, 1.165) is 42.3 Å². The Balaban J connectivity index is 1.67. The van der Waals surface area contributed by atoms with Crippen LogP contribution in [0.25, 0.3) is 5.69 Å². The first kappa shape index (κ1) is 17.4. The van der Waals surface area contributed by atoms with Crippen LogP contribution >= 0.6 is 0 Å². The lowest BCUT2D eigenvalue weighted by Crippen LogP contribution is -2.17. The predicted molar refractivity (Wildman–Crippen MR) is 96.5 cm³/mol. The van der Waals surface area contributed by atoms with Crippen LogP contribution in [0.5, 0.6) is 0 Å². The Bertz CT molecular complexity index is 836. The van der Waals surface area contributed by atoms with Crippen molar-refractivity contribution in [2.75, 3.05) is 7.05 Å². The predicted octanol–water partition coefficient (Wildman–Crippen LogP) is 3.46. The van der Waals surface area contributed by atoms with E-state index in [9.17, 15) is 0 Å². The number of hydrogen-bond donors (Lipinski definition) is 0. The van der Waals surface area contributed by atoms with Crippen molar-refractivity contribution in [2.45, 2.75) is 46.7 Å². The van der Waals surface area contributed by atoms with E-state index in [2.05, 4.69) is 71.4 Å². The summed E-state index contributed by atoms with van der Waals surface area (Å²) < 4.78 is 7.30. The molecule has 3 aromatic rings. The van der Waals surface area contributed by atoms with Crippen molar-refractivity contribution in [3.8, 4) is 5.69 Å². The van der Waals surface area contributed by atoms with E-state index in [4.69, 9.17) is 4.52 Å². The minimum Gasteiger partial charge on any atom is -0.338 e. The number of hydrogen-bond acceptors (Lipinski definition) is 5. The molecule has 0 aliphatic heterocycles. The summed E-state index contributed by atoms with van der Waals surface area (Å²) in [6, 6.07) is 10.5. The molecule has 0 amide bonds. The molecule has 0 saturated heterocycles. The van der Waals surface area contributed by atoms with Crippen molar-refractivity contribution in [3.05, 3.63) is 59.0 Å². The summed E-state index contributed by atoms with van der Waals surface area (Å²) in [5, 5.41) is 8.57. The SMILES string of the molecule is CCCc1noc(CN(C)Cc2cccc(-n3nc(C)cc3C)c2)n1. The van der Waals surface area contributed by atoms with Crippen molar-refractivity contribution in [2.24, 2.45) is 0 Å². The molecule has 0 aliphatic rings. The molecule has 0 aliphatic carbocycles. The van der Waals surface area contributed by atoms with E-state index in [0.29, 0.717) is 12.4 Å². The van der Waals surface area contributed by atoms with Gasteiger partial charge in [-0.1, -0.05) is 24.2 Å². The van der Waals surface area contributed by atoms with Crippen LogP contribution in [-0.4, -0.2) is 31.9 Å². The normalized spacial score (nSPS) is 11.4. The van der Waals surface area contributed by atoms with E-state index < -0.39 is 0 Å². The number of aromatic nitrogens is 4. The van der Waals surface area contributed by atoms with Gasteiger partial charge in [-0.3, -0.25) is 4.90 Å². The van der Waals surface area contributed by atoms with Crippen LogP contribution in [0.15, 0.2) is 34.9 Å². The molecule has 132 valence electrons. The maximum Gasteiger partial charge on any atom is 0.240 e. The summed E-state index contributed by atoms with van der Waals surface area (Å²) in [6.45, 7) is 7.64. The molecule has 2 aromatic heterocycles. The molecule has 0 N–H and O–H groups in total. The Morgan fingerprint density at radius 3 is 2.72 bits per heavy atom. The summed E-state index contributed by atoms with van der Waals surface area (Å²) in [6.07, 6.45) is 1.88. The van der Waals surface area contributed by atoms with Gasteiger partial charge in [0.05, 0.1) is 17.9 Å². The maximum atomic E-state index is 5.32. The van der Waals surface area contributed by atoms with Gasteiger partial charge in [-0.25, -0.2) is 4.68 Å². The minimum absolute atomic E-state index is 0.640. The molecule has 0 fully saturated rings. The fourth-order valence-electron chi connectivity index (χ4n) is 2.95. The van der Waals surface area contributed by atoms with Gasteiger partial charge in [0.25, 0.3) is 0 Å². The third-order valence-electron chi connectivity index (χ3n) is 4.01. The fourth-order valence-corrected chi connectivity index (χ4v) is 2.95. The lowest BCUT2D eigenvalue weighted by atomic mass is 10.2. The second-order valence-corrected chi connectivity index (χ2v) is 6.54. The first-order valence-corrected chi connectivity index (χ1v) is 8.67. The van der Waals surface area contributed by atoms with Gasteiger partial charge < -0.3 is 4.52 Å². The summed E-state index contributed by atoms with van der Waals surface area (Å²) >= 11 is 0. The highest BCUT2D eigenvalue weighted by Gasteiger charge is 2.10. The molecule has 6 nitrogen and oxygen atoms in total. The van der Waals surface area contributed by atoms with Crippen LogP contribution in [0.4, 0.5) is 0 Å². The monoisotopic (exact) mass is 339 g/mol. The van der Waals surface area contributed by atoms with Crippen molar-refractivity contribution in [1.82, 2.24) is 24.8 Å². The lowest BCUT2D eigenvalue weighted by molar-refractivity contribution is 0.260. The van der Waals surface area contributed by atoms with Crippen LogP contribution in [0, 0.1) is 13.8 Å². The fraction of sp³-hybridized carbons (Fsp3) is 0.421. The lowest BCUT2D eigenvalue weighted by Gasteiger charge is -2.15. The van der Waals surface area contributed by atoms with Crippen molar-refractivity contribution in [3.63, 3.8) is 0 Å². The Morgan fingerprint density at radius 1 is 1.16 bits per heavy atom. The van der Waals surface area contributed by atoms with Crippen molar-refractivity contribution in [1.29, 1.82) is 0 Å². The molecule has 0 radical (unpaired) electrons. The molecule has 0 saturated carbocycles. The average Bonchev–Trinajstić information content (AvgIpc) is 3.13. The summed E-state index contributed by atoms with van der Waals surface area (Å²) in [4.78, 5) is 6.60. The Kier molecular flexibility index (Phi) is 5.28. The molecular weight excluding hydrogens is 314 g/mol. The highest BCUT2D eigenvalue weighted by Crippen LogP contribution is 2.15. The van der Waals surface area contributed by atoms with E-state index in [1.807, 2.05) is 11.6 Å². The third kappa shape index (κ3) is 4.33. The Morgan fingerprint density at radius 2 is 2.00 bits per heavy atom. The standard InChI is InChI=1S/C19H25N5O/c1-5-7-18-20-19(25-22-18)13-23(4)12-16-8-6-9-17(11-16)24-15(3)10-14(2)21-24/h6,8-11H,5,7,12-13H2,1-4H3. The molecule has 6 heteroatoms. The molecule has 25 heavy (non-hydrogen) atoms. The largest absolute Gasteiger partial charge is 0.338 e. The van der Waals surface area contributed by atoms with Crippen LogP contribution in [0.2, 0.25) is 0 Å². The van der Waals surface area contributed by atoms with Gasteiger partial charge in [0, 0.05) is 18.7 Å². The quantitative estimate of drug-likeness (QED) is 0.660. The molecular formula is C19H25N5O. The van der Waals surface area contributed by atoms with E-state index >= 15 is 0 Å². The smallest absolute Gasteiger partial charge is 0.240 e. The molecule has 0 spiro atoms. The summed E-state index contributed by atoms with van der Waals surface area (Å²) in [5.41, 5.74) is 4.47. The van der Waals surface area contributed by atoms with E-state index in [-0.39, 0.29) is 0 Å². The molecule has 0 unspecified atom stereocenters. The van der Waals surface area contributed by atoms with Gasteiger partial charge in [0.15, 0.2) is 5.82 Å². The van der Waals surface area contributed by atoms with Gasteiger partial charge in [0.1, 0.15) is 0 Å². The minimum atomic E-state index is 0.640. The van der Waals surface area contributed by atoms with Crippen molar-refractivity contribution >= 4 is 0 Å². The number of nitrogens with zero attached hydrogens (tertiary/aromatic N) is 5. The van der Waals surface area contributed by atoms with Crippen LogP contribution in [0.1, 0.15) is 42.0 Å². The molecule has 0 atom stereocenters. The van der Waals surface area contributed by atoms with E-state index in [1.165, 1.54) is 5.56 Å². The molecule has 3 rings (SSSR count).